The quantitative estimate of drug-likeness (QED) is 0.127. The van der Waals surface area contributed by atoms with E-state index in [1.165, 1.54) is 0 Å². The number of ketones is 1. The van der Waals surface area contributed by atoms with Crippen LogP contribution in [0.1, 0.15) is 46.3 Å². The molecule has 17 nitrogen and oxygen atoms in total. The first-order valence-electron chi connectivity index (χ1n) is 16.3. The largest absolute Gasteiger partial charge is 0.508 e. The molecule has 5 aliphatic rings. The second-order valence-corrected chi connectivity index (χ2v) is 14.0. The van der Waals surface area contributed by atoms with Gasteiger partial charge in [-0.05, 0) is 6.07 Å². The van der Waals surface area contributed by atoms with E-state index in [2.05, 4.69) is 0 Å². The molecule has 1 saturated carbocycles. The third-order valence-electron chi connectivity index (χ3n) is 10.9. The fourth-order valence-electron chi connectivity index (χ4n) is 8.77. The number of Topliss-reactive ketones (excluding diaryl/α,β-unsaturated/α-hetero) is 1. The standard InChI is InChI=1S/C36H30O17/c37-11-1-17(40)14-7-21(44)30(50-23(14)4-11)16-9-20(43)29(46)31-26(16)28-32(47)36(49)27-19(42)3-13(39)6-25(27)52-35(36,48)10-34(28,53-31)33-22(45)8-15-18(41)2-12(38)5-24(15)51-33/h1-6,9,21-22,28,30,33,37-46,48-49H,7-8,10H2/t21-,22-,28+,30-,33+,34-,35-,36-/m1/s1. The maximum absolute atomic E-state index is 15.2. The van der Waals surface area contributed by atoms with Crippen LogP contribution in [-0.2, 0) is 23.2 Å². The Morgan fingerprint density at radius 3 is 1.85 bits per heavy atom. The Balaban J connectivity index is 1.29. The highest BCUT2D eigenvalue weighted by Crippen LogP contribution is 2.68. The van der Waals surface area contributed by atoms with Gasteiger partial charge in [-0.3, -0.25) is 4.79 Å². The van der Waals surface area contributed by atoms with E-state index in [4.69, 9.17) is 18.9 Å². The van der Waals surface area contributed by atoms with Crippen molar-refractivity contribution in [2.24, 2.45) is 0 Å². The Morgan fingerprint density at radius 1 is 0.642 bits per heavy atom. The Kier molecular flexibility index (Phi) is 6.40. The summed E-state index contributed by atoms with van der Waals surface area (Å²) in [6.07, 6.45) is -8.15. The Labute approximate surface area is 296 Å². The van der Waals surface area contributed by atoms with E-state index in [0.29, 0.717) is 0 Å². The van der Waals surface area contributed by atoms with Crippen molar-refractivity contribution in [3.63, 3.8) is 0 Å². The molecule has 8 atom stereocenters. The second-order valence-electron chi connectivity index (χ2n) is 14.0. The number of fused-ring (bicyclic) bond motifs is 8. The monoisotopic (exact) mass is 734 g/mol. The summed E-state index contributed by atoms with van der Waals surface area (Å²) < 4.78 is 24.3. The molecule has 0 bridgehead atoms. The van der Waals surface area contributed by atoms with Gasteiger partial charge in [0.15, 0.2) is 35.1 Å². The first kappa shape index (κ1) is 32.9. The van der Waals surface area contributed by atoms with Gasteiger partial charge in [-0.15, -0.1) is 0 Å². The smallest absolute Gasteiger partial charge is 0.253 e. The summed E-state index contributed by atoms with van der Waals surface area (Å²) in [5, 5.41) is 133. The lowest BCUT2D eigenvalue weighted by Gasteiger charge is -2.52. The predicted octanol–water partition coefficient (Wildman–Crippen LogP) is 0.889. The lowest BCUT2D eigenvalue weighted by atomic mass is 9.59. The number of carbonyl (C=O) groups is 1. The molecule has 0 saturated heterocycles. The highest BCUT2D eigenvalue weighted by Gasteiger charge is 2.79. The molecule has 4 aliphatic heterocycles. The van der Waals surface area contributed by atoms with Crippen molar-refractivity contribution in [2.45, 2.75) is 66.6 Å². The van der Waals surface area contributed by atoms with Crippen LogP contribution in [0.2, 0.25) is 0 Å². The molecule has 0 unspecified atom stereocenters. The maximum atomic E-state index is 15.2. The normalized spacial score (nSPS) is 31.7. The molecule has 0 radical (unpaired) electrons. The zero-order valence-electron chi connectivity index (χ0n) is 27.0. The van der Waals surface area contributed by atoms with Crippen molar-refractivity contribution in [1.29, 1.82) is 0 Å². The number of hydrogen-bond acceptors (Lipinski definition) is 17. The van der Waals surface area contributed by atoms with Crippen molar-refractivity contribution in [3.05, 3.63) is 70.3 Å². The number of benzene rings is 4. The molecular formula is C36H30O17. The fourth-order valence-corrected chi connectivity index (χ4v) is 8.77. The van der Waals surface area contributed by atoms with E-state index in [1.807, 2.05) is 0 Å². The fraction of sp³-hybridized carbons (Fsp3) is 0.306. The molecule has 1 fully saturated rings. The van der Waals surface area contributed by atoms with Gasteiger partial charge in [0.1, 0.15) is 51.7 Å². The van der Waals surface area contributed by atoms with Gasteiger partial charge in [-0.2, -0.15) is 0 Å². The molecule has 12 N–H and O–H groups in total. The van der Waals surface area contributed by atoms with Crippen molar-refractivity contribution >= 4 is 5.78 Å². The molecule has 4 aromatic carbocycles. The van der Waals surface area contributed by atoms with Crippen molar-refractivity contribution in [1.82, 2.24) is 0 Å². The summed E-state index contributed by atoms with van der Waals surface area (Å²) >= 11 is 0. The minimum absolute atomic E-state index is 0.0577. The third kappa shape index (κ3) is 4.12. The minimum atomic E-state index is -3.14. The summed E-state index contributed by atoms with van der Waals surface area (Å²) in [7, 11) is 0. The second kappa shape index (κ2) is 10.3. The van der Waals surface area contributed by atoms with Gasteiger partial charge in [0, 0.05) is 71.5 Å². The third-order valence-corrected chi connectivity index (χ3v) is 10.9. The Hall–Kier alpha value is -6.01. The lowest BCUT2D eigenvalue weighted by Crippen LogP contribution is -2.73. The summed E-state index contributed by atoms with van der Waals surface area (Å²) in [5.41, 5.74) is -6.53. The number of rotatable bonds is 2. The van der Waals surface area contributed by atoms with Crippen LogP contribution in [0.5, 0.6) is 69.0 Å². The van der Waals surface area contributed by atoms with E-state index in [9.17, 15) is 61.3 Å². The van der Waals surface area contributed by atoms with Crippen molar-refractivity contribution in [3.8, 4) is 69.0 Å². The first-order valence-corrected chi connectivity index (χ1v) is 16.3. The van der Waals surface area contributed by atoms with E-state index in [1.54, 1.807) is 0 Å². The number of phenols is 8. The van der Waals surface area contributed by atoms with Gasteiger partial charge in [-0.1, -0.05) is 0 Å². The van der Waals surface area contributed by atoms with Crippen LogP contribution < -0.4 is 18.9 Å². The van der Waals surface area contributed by atoms with Gasteiger partial charge in [0.05, 0.1) is 30.1 Å². The maximum Gasteiger partial charge on any atom is 0.253 e. The lowest BCUT2D eigenvalue weighted by molar-refractivity contribution is -0.283. The zero-order chi connectivity index (χ0) is 37.7. The minimum Gasteiger partial charge on any atom is -0.508 e. The van der Waals surface area contributed by atoms with Gasteiger partial charge in [0.25, 0.3) is 5.79 Å². The molecule has 17 heteroatoms. The average Bonchev–Trinajstić information content (AvgIpc) is 3.52. The molecule has 53 heavy (non-hydrogen) atoms. The Bertz CT molecular complexity index is 2310. The zero-order valence-corrected chi connectivity index (χ0v) is 27.0. The molecule has 276 valence electrons. The van der Waals surface area contributed by atoms with Crippen molar-refractivity contribution < 1.29 is 85.0 Å². The van der Waals surface area contributed by atoms with E-state index < -0.39 is 123 Å². The summed E-state index contributed by atoms with van der Waals surface area (Å²) in [5.74, 6) is -12.5. The Morgan fingerprint density at radius 2 is 1.21 bits per heavy atom. The summed E-state index contributed by atoms with van der Waals surface area (Å²) in [6.45, 7) is 0. The molecule has 4 aromatic rings. The van der Waals surface area contributed by atoms with Gasteiger partial charge >= 0.3 is 0 Å². The van der Waals surface area contributed by atoms with Crippen LogP contribution >= 0.6 is 0 Å². The summed E-state index contributed by atoms with van der Waals surface area (Å²) in [6, 6.07) is 7.02. The SMILES string of the molecule is O=C1[C@@H]2c3c([C@H]4Oc5cc(O)cc(O)c5C[C@H]4O)cc(O)c(O)c3O[C@]2([C@H]2Oc3cc(O)cc(O)c3C[C@H]2O)C[C@@]2(O)Oc3cc(O)cc(O)c3[C@@]12O. The van der Waals surface area contributed by atoms with Gasteiger partial charge < -0.3 is 80.2 Å². The van der Waals surface area contributed by atoms with E-state index >= 15 is 4.79 Å². The van der Waals surface area contributed by atoms with Crippen LogP contribution in [0.3, 0.4) is 0 Å². The number of aromatic hydroxyl groups is 8. The molecular weight excluding hydrogens is 704 g/mol. The van der Waals surface area contributed by atoms with Gasteiger partial charge in [0.2, 0.25) is 11.4 Å². The van der Waals surface area contributed by atoms with Crippen LogP contribution in [-0.4, -0.2) is 96.8 Å². The van der Waals surface area contributed by atoms with Crippen LogP contribution in [0, 0.1) is 0 Å². The summed E-state index contributed by atoms with van der Waals surface area (Å²) in [4.78, 5) is 15.2. The molecule has 1 aliphatic carbocycles. The van der Waals surface area contributed by atoms with E-state index in [0.717, 1.165) is 42.5 Å². The average molecular weight is 735 g/mol. The van der Waals surface area contributed by atoms with Crippen molar-refractivity contribution in [2.75, 3.05) is 0 Å². The molecule has 9 rings (SSSR count). The number of carbonyl (C=O) groups excluding carboxylic acids is 1. The first-order chi connectivity index (χ1) is 25.0. The molecule has 0 spiro atoms. The number of phenolic OH excluding ortho intramolecular Hbond substituents is 8. The van der Waals surface area contributed by atoms with Gasteiger partial charge in [-0.25, -0.2) is 0 Å². The van der Waals surface area contributed by atoms with E-state index in [-0.39, 0.29) is 46.6 Å². The molecule has 4 heterocycles. The number of aliphatic hydroxyl groups excluding tert-OH is 2. The number of ether oxygens (including phenoxy) is 4. The number of aliphatic hydroxyl groups is 4. The van der Waals surface area contributed by atoms with Crippen LogP contribution in [0.25, 0.3) is 0 Å². The predicted molar refractivity (Wildman–Crippen MR) is 171 cm³/mol. The highest BCUT2D eigenvalue weighted by atomic mass is 16.7. The van der Waals surface area contributed by atoms with Crippen LogP contribution in [0.4, 0.5) is 0 Å². The highest BCUT2D eigenvalue weighted by molar-refractivity contribution is 6.01. The molecule has 0 amide bonds. The number of hydrogen-bond donors (Lipinski definition) is 12. The molecule has 0 aromatic heterocycles. The topological polar surface area (TPSA) is 297 Å². The van der Waals surface area contributed by atoms with Crippen LogP contribution in [0.15, 0.2) is 42.5 Å².